The Labute approximate surface area is 105 Å². The Hall–Kier alpha value is -0.960. The van der Waals surface area contributed by atoms with Crippen molar-refractivity contribution in [3.05, 3.63) is 59.1 Å². The lowest BCUT2D eigenvalue weighted by molar-refractivity contribution is 1.03. The number of nitrogens with two attached hydrogens (primary N) is 1. The average Bonchev–Trinajstić information content (AvgIpc) is 2.33. The van der Waals surface area contributed by atoms with Gasteiger partial charge in [-0.1, -0.05) is 53.7 Å². The third-order valence-electron chi connectivity index (χ3n) is 2.25. The van der Waals surface area contributed by atoms with Crippen molar-refractivity contribution in [3.63, 3.8) is 0 Å². The van der Waals surface area contributed by atoms with Crippen molar-refractivity contribution in [2.75, 3.05) is 0 Å². The van der Waals surface area contributed by atoms with E-state index in [1.54, 1.807) is 11.8 Å². The van der Waals surface area contributed by atoms with Crippen LogP contribution in [0.2, 0.25) is 5.02 Å². The third kappa shape index (κ3) is 2.59. The van der Waals surface area contributed by atoms with E-state index in [2.05, 4.69) is 6.07 Å². The van der Waals surface area contributed by atoms with E-state index in [1.165, 1.54) is 0 Å². The zero-order valence-electron chi connectivity index (χ0n) is 8.69. The molecule has 0 spiro atoms. The summed E-state index contributed by atoms with van der Waals surface area (Å²) in [4.78, 5) is 2.23. The number of halogens is 1. The maximum Gasteiger partial charge on any atom is 0.0545 e. The zero-order valence-corrected chi connectivity index (χ0v) is 10.3. The first-order valence-corrected chi connectivity index (χ1v) is 6.21. The van der Waals surface area contributed by atoms with E-state index in [0.29, 0.717) is 6.54 Å². The number of rotatable bonds is 3. The van der Waals surface area contributed by atoms with Crippen LogP contribution in [0.1, 0.15) is 5.56 Å². The molecule has 2 N–H and O–H groups in total. The number of hydrogen-bond acceptors (Lipinski definition) is 2. The normalized spacial score (nSPS) is 10.4. The smallest absolute Gasteiger partial charge is 0.0545 e. The predicted octanol–water partition coefficient (Wildman–Crippen LogP) is 3.95. The molecule has 3 heteroatoms. The summed E-state index contributed by atoms with van der Waals surface area (Å²) >= 11 is 7.77. The molecule has 0 aromatic heterocycles. The van der Waals surface area contributed by atoms with Gasteiger partial charge in [-0.15, -0.1) is 0 Å². The minimum Gasteiger partial charge on any atom is -0.326 e. The SMILES string of the molecule is NCc1ccccc1Sc1ccccc1Cl. The van der Waals surface area contributed by atoms with Crippen LogP contribution in [0.5, 0.6) is 0 Å². The lowest BCUT2D eigenvalue weighted by atomic mass is 10.2. The van der Waals surface area contributed by atoms with Gasteiger partial charge in [-0.3, -0.25) is 0 Å². The summed E-state index contributed by atoms with van der Waals surface area (Å²) in [6, 6.07) is 15.9. The van der Waals surface area contributed by atoms with Crippen LogP contribution in [-0.4, -0.2) is 0 Å². The molecule has 0 aliphatic carbocycles. The van der Waals surface area contributed by atoms with Crippen LogP contribution in [0, 0.1) is 0 Å². The van der Waals surface area contributed by atoms with Gasteiger partial charge in [0.1, 0.15) is 0 Å². The van der Waals surface area contributed by atoms with E-state index in [1.807, 2.05) is 42.5 Å². The van der Waals surface area contributed by atoms with Gasteiger partial charge >= 0.3 is 0 Å². The summed E-state index contributed by atoms with van der Waals surface area (Å²) in [5.41, 5.74) is 6.84. The molecule has 1 nitrogen and oxygen atoms in total. The van der Waals surface area contributed by atoms with Gasteiger partial charge < -0.3 is 5.73 Å². The molecular weight excluding hydrogens is 238 g/mol. The Morgan fingerprint density at radius 1 is 0.938 bits per heavy atom. The Bertz CT molecular complexity index is 485. The third-order valence-corrected chi connectivity index (χ3v) is 3.88. The molecule has 0 aliphatic heterocycles. The molecule has 0 atom stereocenters. The van der Waals surface area contributed by atoms with Gasteiger partial charge in [-0.25, -0.2) is 0 Å². The molecule has 82 valence electrons. The van der Waals surface area contributed by atoms with Gasteiger partial charge in [-0.05, 0) is 23.8 Å². The van der Waals surface area contributed by atoms with Crippen molar-refractivity contribution in [3.8, 4) is 0 Å². The van der Waals surface area contributed by atoms with Crippen LogP contribution in [0.3, 0.4) is 0 Å². The van der Waals surface area contributed by atoms with E-state index in [0.717, 1.165) is 20.4 Å². The molecular formula is C13H12ClNS. The fraction of sp³-hybridized carbons (Fsp3) is 0.0769. The number of hydrogen-bond donors (Lipinski definition) is 1. The highest BCUT2D eigenvalue weighted by Crippen LogP contribution is 2.34. The van der Waals surface area contributed by atoms with Crippen LogP contribution in [0.25, 0.3) is 0 Å². The highest BCUT2D eigenvalue weighted by molar-refractivity contribution is 7.99. The van der Waals surface area contributed by atoms with Crippen molar-refractivity contribution in [2.45, 2.75) is 16.3 Å². The lowest BCUT2D eigenvalue weighted by Crippen LogP contribution is -1.97. The predicted molar refractivity (Wildman–Crippen MR) is 69.9 cm³/mol. The monoisotopic (exact) mass is 249 g/mol. The molecule has 0 aliphatic rings. The first-order chi connectivity index (χ1) is 7.81. The Balaban J connectivity index is 2.30. The second-order valence-electron chi connectivity index (χ2n) is 3.34. The maximum atomic E-state index is 6.12. The van der Waals surface area contributed by atoms with E-state index in [4.69, 9.17) is 17.3 Å². The lowest BCUT2D eigenvalue weighted by Gasteiger charge is -2.07. The van der Waals surface area contributed by atoms with Crippen molar-refractivity contribution in [1.29, 1.82) is 0 Å². The standard InChI is InChI=1S/C13H12ClNS/c14-11-6-2-4-8-13(11)16-12-7-3-1-5-10(12)9-15/h1-8H,9,15H2. The van der Waals surface area contributed by atoms with Gasteiger partial charge in [0, 0.05) is 16.3 Å². The molecule has 0 fully saturated rings. The first-order valence-electron chi connectivity index (χ1n) is 5.01. The van der Waals surface area contributed by atoms with Crippen LogP contribution >= 0.6 is 23.4 Å². The Morgan fingerprint density at radius 2 is 1.56 bits per heavy atom. The second-order valence-corrected chi connectivity index (χ2v) is 4.84. The topological polar surface area (TPSA) is 26.0 Å². The molecule has 2 aromatic rings. The fourth-order valence-electron chi connectivity index (χ4n) is 1.42. The average molecular weight is 250 g/mol. The van der Waals surface area contributed by atoms with E-state index in [9.17, 15) is 0 Å². The minimum atomic E-state index is 0.549. The quantitative estimate of drug-likeness (QED) is 0.892. The van der Waals surface area contributed by atoms with E-state index < -0.39 is 0 Å². The zero-order chi connectivity index (χ0) is 11.4. The van der Waals surface area contributed by atoms with Crippen LogP contribution in [-0.2, 0) is 6.54 Å². The van der Waals surface area contributed by atoms with Gasteiger partial charge in [0.15, 0.2) is 0 Å². The molecule has 0 saturated carbocycles. The summed E-state index contributed by atoms with van der Waals surface area (Å²) in [6.07, 6.45) is 0. The summed E-state index contributed by atoms with van der Waals surface area (Å²) in [5.74, 6) is 0. The van der Waals surface area contributed by atoms with Crippen molar-refractivity contribution in [2.24, 2.45) is 5.73 Å². The van der Waals surface area contributed by atoms with Gasteiger partial charge in [0.2, 0.25) is 0 Å². The van der Waals surface area contributed by atoms with E-state index >= 15 is 0 Å². The molecule has 0 unspecified atom stereocenters. The molecule has 0 saturated heterocycles. The van der Waals surface area contributed by atoms with Gasteiger partial charge in [-0.2, -0.15) is 0 Å². The van der Waals surface area contributed by atoms with E-state index in [-0.39, 0.29) is 0 Å². The Morgan fingerprint density at radius 3 is 2.25 bits per heavy atom. The summed E-state index contributed by atoms with van der Waals surface area (Å²) in [5, 5.41) is 0.777. The summed E-state index contributed by atoms with van der Waals surface area (Å²) < 4.78 is 0. The fourth-order valence-corrected chi connectivity index (χ4v) is 2.65. The largest absolute Gasteiger partial charge is 0.326 e. The first kappa shape index (κ1) is 11.5. The van der Waals surface area contributed by atoms with Crippen LogP contribution in [0.4, 0.5) is 0 Å². The maximum absolute atomic E-state index is 6.12. The van der Waals surface area contributed by atoms with Crippen molar-refractivity contribution in [1.82, 2.24) is 0 Å². The molecule has 0 amide bonds. The van der Waals surface area contributed by atoms with Crippen molar-refractivity contribution >= 4 is 23.4 Å². The summed E-state index contributed by atoms with van der Waals surface area (Å²) in [6.45, 7) is 0.549. The van der Waals surface area contributed by atoms with Gasteiger partial charge in [0.25, 0.3) is 0 Å². The molecule has 0 heterocycles. The second kappa shape index (κ2) is 5.39. The van der Waals surface area contributed by atoms with Crippen molar-refractivity contribution < 1.29 is 0 Å². The molecule has 16 heavy (non-hydrogen) atoms. The van der Waals surface area contributed by atoms with Crippen LogP contribution in [0.15, 0.2) is 58.3 Å². The van der Waals surface area contributed by atoms with Crippen LogP contribution < -0.4 is 5.73 Å². The molecule has 0 bridgehead atoms. The molecule has 2 aromatic carbocycles. The Kier molecular flexibility index (Phi) is 3.88. The number of benzene rings is 2. The highest BCUT2D eigenvalue weighted by atomic mass is 35.5. The molecule has 0 radical (unpaired) electrons. The van der Waals surface area contributed by atoms with Gasteiger partial charge in [0.05, 0.1) is 5.02 Å². The minimum absolute atomic E-state index is 0.549. The summed E-state index contributed by atoms with van der Waals surface area (Å²) in [7, 11) is 0. The highest BCUT2D eigenvalue weighted by Gasteiger charge is 2.04. The molecule has 2 rings (SSSR count).